The highest BCUT2D eigenvalue weighted by atomic mass is 79.9. The average Bonchev–Trinajstić information content (AvgIpc) is 3.26. The Labute approximate surface area is 179 Å². The maximum Gasteiger partial charge on any atom is 0.414 e. The molecule has 1 aliphatic heterocycles. The van der Waals surface area contributed by atoms with Crippen LogP contribution in [0.3, 0.4) is 0 Å². The van der Waals surface area contributed by atoms with E-state index in [9.17, 15) is 14.4 Å². The van der Waals surface area contributed by atoms with Crippen LogP contribution in [0.25, 0.3) is 0 Å². The second-order valence-electron chi connectivity index (χ2n) is 5.96. The number of nitrogens with zero attached hydrogens (tertiary/aromatic N) is 1. The lowest BCUT2D eigenvalue weighted by Crippen LogP contribution is -2.34. The van der Waals surface area contributed by atoms with Crippen LogP contribution in [0.4, 0.5) is 16.2 Å². The fraction of sp³-hybridized carbons (Fsp3) is 0.278. The van der Waals surface area contributed by atoms with Gasteiger partial charge >= 0.3 is 6.09 Å². The van der Waals surface area contributed by atoms with Crippen molar-refractivity contribution in [3.63, 3.8) is 0 Å². The number of alkyl halides is 1. The summed E-state index contributed by atoms with van der Waals surface area (Å²) in [6.07, 6.45) is -0.551. The third-order valence-corrected chi connectivity index (χ3v) is 5.57. The van der Waals surface area contributed by atoms with Gasteiger partial charge in [-0.05, 0) is 36.4 Å². The molecule has 3 amide bonds. The van der Waals surface area contributed by atoms with Crippen LogP contribution in [0.5, 0.6) is 0 Å². The van der Waals surface area contributed by atoms with E-state index >= 15 is 0 Å². The van der Waals surface area contributed by atoms with Gasteiger partial charge in [-0.25, -0.2) is 4.79 Å². The molecule has 0 saturated carbocycles. The van der Waals surface area contributed by atoms with E-state index in [1.807, 2.05) is 0 Å². The van der Waals surface area contributed by atoms with Crippen molar-refractivity contribution in [2.45, 2.75) is 12.5 Å². The molecule has 7 nitrogen and oxygen atoms in total. The van der Waals surface area contributed by atoms with Crippen LogP contribution >= 0.6 is 38.9 Å². The Morgan fingerprint density at radius 2 is 2.00 bits per heavy atom. The highest BCUT2D eigenvalue weighted by molar-refractivity contribution is 9.09. The minimum Gasteiger partial charge on any atom is -0.442 e. The Bertz CT molecular complexity index is 874. The van der Waals surface area contributed by atoms with E-state index in [0.29, 0.717) is 38.9 Å². The molecule has 2 heterocycles. The highest BCUT2D eigenvalue weighted by Crippen LogP contribution is 2.24. The van der Waals surface area contributed by atoms with Gasteiger partial charge in [0.2, 0.25) is 5.91 Å². The minimum absolute atomic E-state index is 0.0898. The number of carbonyl (C=O) groups excluding carboxylic acids is 3. The van der Waals surface area contributed by atoms with Gasteiger partial charge < -0.3 is 15.4 Å². The van der Waals surface area contributed by atoms with Gasteiger partial charge in [0, 0.05) is 23.1 Å². The smallest absolute Gasteiger partial charge is 0.414 e. The molecule has 0 radical (unpaired) electrons. The molecule has 0 bridgehead atoms. The van der Waals surface area contributed by atoms with E-state index in [2.05, 4.69) is 26.6 Å². The quantitative estimate of drug-likeness (QED) is 0.582. The summed E-state index contributed by atoms with van der Waals surface area (Å²) in [5, 5.41) is 6.11. The standard InChI is InChI=1S/C18H17BrClN3O4S/c19-8-7-16(24)22-11-1-3-12(4-2-11)23-10-13(27-18(23)26)9-21-17(25)14-5-6-15(20)28-14/h1-6,13H,7-10H2,(H,21,25)(H,22,24). The predicted octanol–water partition coefficient (Wildman–Crippen LogP) is 3.88. The first kappa shape index (κ1) is 20.6. The molecule has 1 saturated heterocycles. The fourth-order valence-corrected chi connectivity index (χ4v) is 3.92. The normalized spacial score (nSPS) is 16.0. The molecule has 0 aliphatic carbocycles. The average molecular weight is 487 g/mol. The Morgan fingerprint density at radius 1 is 1.25 bits per heavy atom. The number of cyclic esters (lactones) is 1. The third-order valence-electron chi connectivity index (χ3n) is 3.95. The summed E-state index contributed by atoms with van der Waals surface area (Å²) >= 11 is 10.2. The summed E-state index contributed by atoms with van der Waals surface area (Å²) in [4.78, 5) is 37.8. The highest BCUT2D eigenvalue weighted by Gasteiger charge is 2.32. The number of carbonyl (C=O) groups is 3. The van der Waals surface area contributed by atoms with Gasteiger partial charge in [-0.15, -0.1) is 11.3 Å². The molecule has 1 aromatic heterocycles. The van der Waals surface area contributed by atoms with Gasteiger partial charge in [0.25, 0.3) is 5.91 Å². The lowest BCUT2D eigenvalue weighted by molar-refractivity contribution is -0.115. The molecule has 148 valence electrons. The molecule has 1 atom stereocenters. The Morgan fingerprint density at radius 3 is 2.64 bits per heavy atom. The van der Waals surface area contributed by atoms with Crippen molar-refractivity contribution < 1.29 is 19.1 Å². The molecule has 3 rings (SSSR count). The predicted molar refractivity (Wildman–Crippen MR) is 113 cm³/mol. The first-order valence-electron chi connectivity index (χ1n) is 8.44. The van der Waals surface area contributed by atoms with Crippen molar-refractivity contribution in [1.29, 1.82) is 0 Å². The van der Waals surface area contributed by atoms with E-state index in [4.69, 9.17) is 16.3 Å². The molecule has 2 aromatic rings. The Hall–Kier alpha value is -2.10. The molecular weight excluding hydrogens is 470 g/mol. The largest absolute Gasteiger partial charge is 0.442 e. The van der Waals surface area contributed by atoms with Gasteiger partial charge in [0.15, 0.2) is 0 Å². The van der Waals surface area contributed by atoms with Crippen molar-refractivity contribution in [3.05, 3.63) is 45.6 Å². The van der Waals surface area contributed by atoms with E-state index in [1.54, 1.807) is 36.4 Å². The third kappa shape index (κ3) is 5.24. The number of hydrogen-bond acceptors (Lipinski definition) is 5. The first-order chi connectivity index (χ1) is 13.5. The van der Waals surface area contributed by atoms with Crippen LogP contribution in [0.15, 0.2) is 36.4 Å². The van der Waals surface area contributed by atoms with Gasteiger partial charge in [0.05, 0.1) is 22.3 Å². The maximum atomic E-state index is 12.2. The number of amides is 3. The van der Waals surface area contributed by atoms with Gasteiger partial charge in [-0.1, -0.05) is 27.5 Å². The van der Waals surface area contributed by atoms with E-state index in [-0.39, 0.29) is 18.4 Å². The number of anilines is 2. The van der Waals surface area contributed by atoms with E-state index in [1.165, 1.54) is 16.2 Å². The Kier molecular flexibility index (Phi) is 6.93. The lowest BCUT2D eigenvalue weighted by atomic mass is 10.2. The number of rotatable bonds is 7. The number of nitrogens with one attached hydrogen (secondary N) is 2. The van der Waals surface area contributed by atoms with E-state index in [0.717, 1.165) is 0 Å². The monoisotopic (exact) mass is 485 g/mol. The van der Waals surface area contributed by atoms with Crippen molar-refractivity contribution in [1.82, 2.24) is 5.32 Å². The number of hydrogen-bond donors (Lipinski definition) is 2. The molecule has 1 fully saturated rings. The molecule has 2 N–H and O–H groups in total. The van der Waals surface area contributed by atoms with Crippen LogP contribution in [0.1, 0.15) is 16.1 Å². The second kappa shape index (κ2) is 9.40. The molecule has 0 spiro atoms. The first-order valence-corrected chi connectivity index (χ1v) is 10.8. The summed E-state index contributed by atoms with van der Waals surface area (Å²) < 4.78 is 5.86. The number of benzene rings is 1. The van der Waals surface area contributed by atoms with Crippen LogP contribution in [-0.4, -0.2) is 42.4 Å². The van der Waals surface area contributed by atoms with Crippen LogP contribution in [0.2, 0.25) is 4.34 Å². The van der Waals surface area contributed by atoms with Crippen LogP contribution in [0, 0.1) is 0 Å². The fourth-order valence-electron chi connectivity index (χ4n) is 2.60. The zero-order valence-corrected chi connectivity index (χ0v) is 17.8. The number of thiophene rings is 1. The van der Waals surface area contributed by atoms with Crippen molar-refractivity contribution in [2.24, 2.45) is 0 Å². The van der Waals surface area contributed by atoms with Crippen LogP contribution < -0.4 is 15.5 Å². The summed E-state index contributed by atoms with van der Waals surface area (Å²) in [6.45, 7) is 0.525. The lowest BCUT2D eigenvalue weighted by Gasteiger charge is -2.14. The Balaban J connectivity index is 1.54. The maximum absolute atomic E-state index is 12.2. The van der Waals surface area contributed by atoms with Gasteiger partial charge in [0.1, 0.15) is 6.10 Å². The van der Waals surface area contributed by atoms with Gasteiger partial charge in [-0.3, -0.25) is 14.5 Å². The molecule has 10 heteroatoms. The zero-order chi connectivity index (χ0) is 20.1. The molecule has 1 aromatic carbocycles. The van der Waals surface area contributed by atoms with Gasteiger partial charge in [-0.2, -0.15) is 0 Å². The molecule has 28 heavy (non-hydrogen) atoms. The van der Waals surface area contributed by atoms with Crippen LogP contribution in [-0.2, 0) is 9.53 Å². The van der Waals surface area contributed by atoms with Crippen molar-refractivity contribution >= 4 is 68.2 Å². The molecule has 1 aliphatic rings. The summed E-state index contributed by atoms with van der Waals surface area (Å²) in [6, 6.07) is 10.2. The second-order valence-corrected chi connectivity index (χ2v) is 8.47. The minimum atomic E-state index is -0.477. The summed E-state index contributed by atoms with van der Waals surface area (Å²) in [7, 11) is 0. The number of halogens is 2. The van der Waals surface area contributed by atoms with E-state index < -0.39 is 12.2 Å². The topological polar surface area (TPSA) is 87.7 Å². The SMILES string of the molecule is O=C(CCBr)Nc1ccc(N2CC(CNC(=O)c3ccc(Cl)s3)OC2=O)cc1. The number of ether oxygens (including phenoxy) is 1. The zero-order valence-electron chi connectivity index (χ0n) is 14.6. The molecular formula is C18H17BrClN3O4S. The van der Waals surface area contributed by atoms with Crippen molar-refractivity contribution in [3.8, 4) is 0 Å². The van der Waals surface area contributed by atoms with Crippen molar-refractivity contribution in [2.75, 3.05) is 28.6 Å². The summed E-state index contributed by atoms with van der Waals surface area (Å²) in [5.41, 5.74) is 1.31. The summed E-state index contributed by atoms with van der Waals surface area (Å²) in [5.74, 6) is -0.344. The molecule has 1 unspecified atom stereocenters.